The molecule has 1 atom stereocenters. The zero-order valence-electron chi connectivity index (χ0n) is 12.5. The third-order valence-electron chi connectivity index (χ3n) is 5.78. The summed E-state index contributed by atoms with van der Waals surface area (Å²) in [5.74, 6) is 0.616. The van der Waals surface area contributed by atoms with Crippen LogP contribution in [-0.2, 0) is 14.9 Å². The van der Waals surface area contributed by atoms with Gasteiger partial charge in [0.05, 0.1) is 5.41 Å². The molecule has 1 aromatic carbocycles. The van der Waals surface area contributed by atoms with Crippen molar-refractivity contribution in [1.82, 2.24) is 4.90 Å². The maximum Gasteiger partial charge on any atom is 0.316 e. The maximum atomic E-state index is 12.9. The van der Waals surface area contributed by atoms with Gasteiger partial charge < -0.3 is 4.74 Å². The smallest absolute Gasteiger partial charge is 0.316 e. The molecule has 4 aliphatic rings. The highest BCUT2D eigenvalue weighted by Gasteiger charge is 2.49. The summed E-state index contributed by atoms with van der Waals surface area (Å²) in [4.78, 5) is 15.3. The molecule has 1 aliphatic carbocycles. The van der Waals surface area contributed by atoms with Crippen molar-refractivity contribution in [2.45, 2.75) is 43.6 Å². The van der Waals surface area contributed by atoms with Gasteiger partial charge in [-0.05, 0) is 50.3 Å². The topological polar surface area (TPSA) is 29.5 Å². The number of piperidine rings is 3. The van der Waals surface area contributed by atoms with Gasteiger partial charge in [-0.3, -0.25) is 9.69 Å². The zero-order chi connectivity index (χ0) is 14.3. The maximum absolute atomic E-state index is 12.9. The number of carbonyl (C=O) groups excluding carboxylic acids is 1. The number of ether oxygens (including phenoxy) is 1. The van der Waals surface area contributed by atoms with E-state index >= 15 is 0 Å². The van der Waals surface area contributed by atoms with Crippen molar-refractivity contribution in [1.29, 1.82) is 0 Å². The van der Waals surface area contributed by atoms with Crippen LogP contribution in [0.3, 0.4) is 0 Å². The molecule has 1 saturated carbocycles. The number of fused-ring (bicyclic) bond motifs is 3. The van der Waals surface area contributed by atoms with E-state index in [2.05, 4.69) is 17.0 Å². The second-order valence-corrected chi connectivity index (χ2v) is 6.88. The van der Waals surface area contributed by atoms with Crippen LogP contribution in [-0.4, -0.2) is 36.6 Å². The van der Waals surface area contributed by atoms with Crippen molar-refractivity contribution < 1.29 is 9.53 Å². The van der Waals surface area contributed by atoms with E-state index in [9.17, 15) is 4.79 Å². The molecule has 3 aliphatic heterocycles. The highest BCUT2D eigenvalue weighted by Crippen LogP contribution is 2.45. The van der Waals surface area contributed by atoms with E-state index in [1.54, 1.807) is 0 Å². The Balaban J connectivity index is 1.51. The minimum absolute atomic E-state index is 0.0266. The van der Waals surface area contributed by atoms with Gasteiger partial charge in [0, 0.05) is 6.54 Å². The predicted octanol–water partition coefficient (Wildman–Crippen LogP) is 2.75. The average Bonchev–Trinajstić information content (AvgIpc) is 2.48. The first-order valence-corrected chi connectivity index (χ1v) is 8.27. The van der Waals surface area contributed by atoms with Crippen LogP contribution in [0.4, 0.5) is 0 Å². The molecule has 3 heteroatoms. The van der Waals surface area contributed by atoms with Crippen molar-refractivity contribution in [2.75, 3.05) is 19.6 Å². The van der Waals surface area contributed by atoms with Gasteiger partial charge in [-0.1, -0.05) is 36.8 Å². The molecule has 0 N–H and O–H groups in total. The van der Waals surface area contributed by atoms with Crippen molar-refractivity contribution in [3.8, 4) is 0 Å². The fourth-order valence-corrected chi connectivity index (χ4v) is 4.19. The highest BCUT2D eigenvalue weighted by molar-refractivity contribution is 5.84. The minimum Gasteiger partial charge on any atom is -0.460 e. The number of nitrogens with zero attached hydrogens (tertiary/aromatic N) is 1. The van der Waals surface area contributed by atoms with Gasteiger partial charge in [0.15, 0.2) is 0 Å². The Morgan fingerprint density at radius 1 is 1.14 bits per heavy atom. The molecule has 0 radical (unpaired) electrons. The Kier molecular flexibility index (Phi) is 3.26. The van der Waals surface area contributed by atoms with Crippen molar-refractivity contribution in [2.24, 2.45) is 5.92 Å². The van der Waals surface area contributed by atoms with Gasteiger partial charge in [-0.2, -0.15) is 0 Å². The first kappa shape index (κ1) is 13.3. The fourth-order valence-electron chi connectivity index (χ4n) is 4.19. The molecule has 21 heavy (non-hydrogen) atoms. The molecule has 112 valence electrons. The van der Waals surface area contributed by atoms with Crippen LogP contribution in [0.15, 0.2) is 30.3 Å². The molecule has 1 aromatic rings. The number of rotatable bonds is 3. The summed E-state index contributed by atoms with van der Waals surface area (Å²) in [7, 11) is 0. The molecule has 0 spiro atoms. The molecule has 3 heterocycles. The fraction of sp³-hybridized carbons (Fsp3) is 0.611. The van der Waals surface area contributed by atoms with Crippen molar-refractivity contribution in [3.05, 3.63) is 35.9 Å². The summed E-state index contributed by atoms with van der Waals surface area (Å²) < 4.78 is 6.01. The number of benzene rings is 1. The van der Waals surface area contributed by atoms with E-state index in [4.69, 9.17) is 4.74 Å². The number of hydrogen-bond acceptors (Lipinski definition) is 3. The van der Waals surface area contributed by atoms with Gasteiger partial charge >= 0.3 is 5.97 Å². The standard InChI is InChI=1S/C18H23NO2/c20-17(21-16-13-19-11-7-14(16)8-12-19)18(9-4-10-18)15-5-2-1-3-6-15/h1-3,5-6,14,16H,4,7-13H2/t16-/m0/s1. The van der Waals surface area contributed by atoms with Crippen LogP contribution in [0.1, 0.15) is 37.7 Å². The quantitative estimate of drug-likeness (QED) is 0.800. The Labute approximate surface area is 126 Å². The van der Waals surface area contributed by atoms with Gasteiger partial charge in [0.25, 0.3) is 0 Å². The van der Waals surface area contributed by atoms with Gasteiger partial charge in [0.1, 0.15) is 6.10 Å². The van der Waals surface area contributed by atoms with Crippen molar-refractivity contribution in [3.63, 3.8) is 0 Å². The third kappa shape index (κ3) is 2.18. The number of hydrogen-bond donors (Lipinski definition) is 0. The lowest BCUT2D eigenvalue weighted by Gasteiger charge is -2.46. The molecule has 5 rings (SSSR count). The summed E-state index contributed by atoms with van der Waals surface area (Å²) in [6.45, 7) is 3.31. The van der Waals surface area contributed by atoms with E-state index in [1.807, 2.05) is 18.2 Å². The van der Waals surface area contributed by atoms with Crippen LogP contribution >= 0.6 is 0 Å². The Bertz CT molecular complexity index is 515. The summed E-state index contributed by atoms with van der Waals surface area (Å²) in [5.41, 5.74) is 0.787. The van der Waals surface area contributed by atoms with Gasteiger partial charge in [0.2, 0.25) is 0 Å². The van der Waals surface area contributed by atoms with E-state index in [0.29, 0.717) is 5.92 Å². The molecular formula is C18H23NO2. The lowest BCUT2D eigenvalue weighted by molar-refractivity contribution is -0.169. The van der Waals surface area contributed by atoms with Crippen LogP contribution in [0, 0.1) is 5.92 Å². The molecule has 3 nitrogen and oxygen atoms in total. The molecule has 0 unspecified atom stereocenters. The molecule has 0 amide bonds. The molecule has 0 aromatic heterocycles. The van der Waals surface area contributed by atoms with Gasteiger partial charge in [-0.25, -0.2) is 0 Å². The third-order valence-corrected chi connectivity index (χ3v) is 5.78. The number of esters is 1. The van der Waals surface area contributed by atoms with Crippen LogP contribution in [0.5, 0.6) is 0 Å². The SMILES string of the molecule is O=C(O[C@H]1CN2CCC1CC2)C1(c2ccccc2)CCC1. The van der Waals surface area contributed by atoms with Crippen molar-refractivity contribution >= 4 is 5.97 Å². The Hall–Kier alpha value is -1.35. The zero-order valence-corrected chi connectivity index (χ0v) is 12.5. The number of carbonyl (C=O) groups is 1. The summed E-state index contributed by atoms with van der Waals surface area (Å²) in [6.07, 6.45) is 5.52. The van der Waals surface area contributed by atoms with Crippen LogP contribution in [0.2, 0.25) is 0 Å². The first-order chi connectivity index (χ1) is 10.3. The summed E-state index contributed by atoms with van der Waals surface area (Å²) >= 11 is 0. The molecule has 3 saturated heterocycles. The van der Waals surface area contributed by atoms with E-state index in [1.165, 1.54) is 25.9 Å². The highest BCUT2D eigenvalue weighted by atomic mass is 16.5. The molecular weight excluding hydrogens is 262 g/mol. The molecule has 4 fully saturated rings. The normalized spacial score (nSPS) is 33.2. The largest absolute Gasteiger partial charge is 0.460 e. The lowest BCUT2D eigenvalue weighted by atomic mass is 9.64. The first-order valence-electron chi connectivity index (χ1n) is 8.27. The Morgan fingerprint density at radius 2 is 1.86 bits per heavy atom. The minimum atomic E-state index is -0.354. The average molecular weight is 285 g/mol. The summed E-state index contributed by atoms with van der Waals surface area (Å²) in [5, 5.41) is 0. The summed E-state index contributed by atoms with van der Waals surface area (Å²) in [6, 6.07) is 10.2. The lowest BCUT2D eigenvalue weighted by Crippen LogP contribution is -2.54. The van der Waals surface area contributed by atoms with E-state index in [0.717, 1.165) is 31.4 Å². The van der Waals surface area contributed by atoms with Crippen LogP contribution < -0.4 is 0 Å². The van der Waals surface area contributed by atoms with Crippen LogP contribution in [0.25, 0.3) is 0 Å². The van der Waals surface area contributed by atoms with Gasteiger partial charge in [-0.15, -0.1) is 0 Å². The second-order valence-electron chi connectivity index (χ2n) is 6.88. The predicted molar refractivity (Wildman–Crippen MR) is 81.0 cm³/mol. The molecule has 2 bridgehead atoms. The van der Waals surface area contributed by atoms with E-state index in [-0.39, 0.29) is 17.5 Å². The second kappa shape index (κ2) is 5.13. The monoisotopic (exact) mass is 285 g/mol. The van der Waals surface area contributed by atoms with E-state index < -0.39 is 0 Å². The Morgan fingerprint density at radius 3 is 2.38 bits per heavy atom.